The van der Waals surface area contributed by atoms with Crippen LogP contribution in [0.4, 0.5) is 0 Å². The molecule has 1 unspecified atom stereocenters. The van der Waals surface area contributed by atoms with Crippen LogP contribution in [0.3, 0.4) is 0 Å². The molecule has 1 aromatic heterocycles. The van der Waals surface area contributed by atoms with E-state index in [-0.39, 0.29) is 23.2 Å². The molecule has 0 spiro atoms. The minimum atomic E-state index is -3.63. The van der Waals surface area contributed by atoms with Crippen LogP contribution in [0, 0.1) is 18.3 Å². The summed E-state index contributed by atoms with van der Waals surface area (Å²) in [5.41, 5.74) is -0.993. The number of nitrogens with zero attached hydrogens (tertiary/aromatic N) is 2. The number of aromatic nitrogens is 1. The Morgan fingerprint density at radius 1 is 1.55 bits per heavy atom. The molecule has 1 aliphatic heterocycles. The standard InChI is InChI=1S/C12H18N2O4S2/c1-8(2)12(11(15)16)4-5-14(7-12)20(17,18)10-6-13-9(3)19-10/h6,8H,4-5,7H2,1-3H3,(H,15,16). The lowest BCUT2D eigenvalue weighted by atomic mass is 9.77. The average Bonchev–Trinajstić information content (AvgIpc) is 2.95. The summed E-state index contributed by atoms with van der Waals surface area (Å²) in [5.74, 6) is -1.05. The molecule has 112 valence electrons. The molecular weight excluding hydrogens is 300 g/mol. The maximum Gasteiger partial charge on any atom is 0.311 e. The van der Waals surface area contributed by atoms with Crippen LogP contribution < -0.4 is 0 Å². The Kier molecular flexibility index (Phi) is 3.92. The molecule has 1 atom stereocenters. The van der Waals surface area contributed by atoms with Crippen molar-refractivity contribution in [3.63, 3.8) is 0 Å². The quantitative estimate of drug-likeness (QED) is 0.910. The van der Waals surface area contributed by atoms with Crippen molar-refractivity contribution in [2.75, 3.05) is 13.1 Å². The van der Waals surface area contributed by atoms with Gasteiger partial charge in [0.1, 0.15) is 0 Å². The number of thiazole rings is 1. The number of carboxylic acid groups (broad SMARTS) is 1. The molecule has 1 aromatic rings. The third kappa shape index (κ3) is 2.36. The van der Waals surface area contributed by atoms with E-state index in [1.165, 1.54) is 10.5 Å². The number of carboxylic acids is 1. The topological polar surface area (TPSA) is 87.6 Å². The van der Waals surface area contributed by atoms with Gasteiger partial charge in [-0.1, -0.05) is 13.8 Å². The van der Waals surface area contributed by atoms with Gasteiger partial charge in [-0.25, -0.2) is 13.4 Å². The van der Waals surface area contributed by atoms with Crippen LogP contribution in [-0.4, -0.2) is 41.9 Å². The first-order valence-electron chi connectivity index (χ1n) is 6.36. The van der Waals surface area contributed by atoms with E-state index >= 15 is 0 Å². The minimum Gasteiger partial charge on any atom is -0.481 e. The molecule has 0 saturated carbocycles. The summed E-state index contributed by atoms with van der Waals surface area (Å²) in [5, 5.41) is 10.1. The zero-order valence-electron chi connectivity index (χ0n) is 11.7. The lowest BCUT2D eigenvalue weighted by molar-refractivity contribution is -0.150. The SMILES string of the molecule is Cc1ncc(S(=O)(=O)N2CCC(C(=O)O)(C(C)C)C2)s1. The van der Waals surface area contributed by atoms with E-state index in [9.17, 15) is 18.3 Å². The molecule has 0 bridgehead atoms. The number of aliphatic carboxylic acids is 1. The highest BCUT2D eigenvalue weighted by atomic mass is 32.2. The molecule has 1 saturated heterocycles. The normalized spacial score (nSPS) is 24.4. The van der Waals surface area contributed by atoms with Crippen molar-refractivity contribution in [1.29, 1.82) is 0 Å². The maximum atomic E-state index is 12.5. The van der Waals surface area contributed by atoms with E-state index in [2.05, 4.69) is 4.98 Å². The second kappa shape index (κ2) is 5.09. The molecule has 6 nitrogen and oxygen atoms in total. The largest absolute Gasteiger partial charge is 0.481 e. The molecule has 0 radical (unpaired) electrons. The first-order chi connectivity index (χ1) is 9.20. The van der Waals surface area contributed by atoms with Gasteiger partial charge in [0, 0.05) is 13.1 Å². The Morgan fingerprint density at radius 3 is 2.60 bits per heavy atom. The van der Waals surface area contributed by atoms with Crippen molar-refractivity contribution in [1.82, 2.24) is 9.29 Å². The number of hydrogen-bond donors (Lipinski definition) is 1. The number of sulfonamides is 1. The van der Waals surface area contributed by atoms with Gasteiger partial charge in [0.05, 0.1) is 16.6 Å². The predicted octanol–water partition coefficient (Wildman–Crippen LogP) is 1.57. The molecule has 0 amide bonds. The Labute approximate surface area is 122 Å². The molecule has 1 N–H and O–H groups in total. The Morgan fingerprint density at radius 2 is 2.20 bits per heavy atom. The summed E-state index contributed by atoms with van der Waals surface area (Å²) in [7, 11) is -3.63. The lowest BCUT2D eigenvalue weighted by Crippen LogP contribution is -2.40. The van der Waals surface area contributed by atoms with E-state index in [0.29, 0.717) is 11.4 Å². The summed E-state index contributed by atoms with van der Waals surface area (Å²) in [6.07, 6.45) is 1.68. The lowest BCUT2D eigenvalue weighted by Gasteiger charge is -2.28. The van der Waals surface area contributed by atoms with Crippen molar-refractivity contribution in [2.24, 2.45) is 11.3 Å². The van der Waals surface area contributed by atoms with E-state index in [0.717, 1.165) is 11.3 Å². The van der Waals surface area contributed by atoms with Crippen LogP contribution in [0.1, 0.15) is 25.3 Å². The summed E-state index contributed by atoms with van der Waals surface area (Å²) >= 11 is 1.11. The van der Waals surface area contributed by atoms with Gasteiger partial charge >= 0.3 is 5.97 Å². The third-order valence-electron chi connectivity index (χ3n) is 3.99. The van der Waals surface area contributed by atoms with Gasteiger partial charge < -0.3 is 5.11 Å². The molecule has 0 aromatic carbocycles. The number of hydrogen-bond acceptors (Lipinski definition) is 5. The van der Waals surface area contributed by atoms with E-state index in [1.54, 1.807) is 6.92 Å². The second-order valence-electron chi connectivity index (χ2n) is 5.40. The maximum absolute atomic E-state index is 12.5. The van der Waals surface area contributed by atoms with Gasteiger partial charge in [-0.15, -0.1) is 11.3 Å². The third-order valence-corrected chi connectivity index (χ3v) is 7.19. The highest BCUT2D eigenvalue weighted by Gasteiger charge is 2.50. The van der Waals surface area contributed by atoms with Crippen LogP contribution in [0.5, 0.6) is 0 Å². The van der Waals surface area contributed by atoms with Crippen LogP contribution in [0.15, 0.2) is 10.4 Å². The Bertz CT molecular complexity index is 623. The van der Waals surface area contributed by atoms with Crippen molar-refractivity contribution >= 4 is 27.3 Å². The molecular formula is C12H18N2O4S2. The molecule has 1 aliphatic rings. The van der Waals surface area contributed by atoms with Crippen LogP contribution in [-0.2, 0) is 14.8 Å². The van der Waals surface area contributed by atoms with E-state index in [1.807, 2.05) is 13.8 Å². The first kappa shape index (κ1) is 15.4. The second-order valence-corrected chi connectivity index (χ2v) is 8.80. The van der Waals surface area contributed by atoms with Crippen LogP contribution >= 0.6 is 11.3 Å². The fraction of sp³-hybridized carbons (Fsp3) is 0.667. The fourth-order valence-electron chi connectivity index (χ4n) is 2.48. The first-order valence-corrected chi connectivity index (χ1v) is 8.62. The Hall–Kier alpha value is -0.990. The molecule has 2 rings (SSSR count). The molecule has 20 heavy (non-hydrogen) atoms. The van der Waals surface area contributed by atoms with Crippen molar-refractivity contribution < 1.29 is 18.3 Å². The predicted molar refractivity (Wildman–Crippen MR) is 75.1 cm³/mol. The summed E-state index contributed by atoms with van der Waals surface area (Å²) in [4.78, 5) is 15.5. The summed E-state index contributed by atoms with van der Waals surface area (Å²) in [6, 6.07) is 0. The van der Waals surface area contributed by atoms with Gasteiger partial charge in [0.15, 0.2) is 4.21 Å². The van der Waals surface area contributed by atoms with Gasteiger partial charge in [-0.3, -0.25) is 4.79 Å². The highest BCUT2D eigenvalue weighted by molar-refractivity contribution is 7.91. The average molecular weight is 318 g/mol. The van der Waals surface area contributed by atoms with Gasteiger partial charge in [-0.05, 0) is 19.3 Å². The Balaban J connectivity index is 2.31. The van der Waals surface area contributed by atoms with Crippen LogP contribution in [0.2, 0.25) is 0 Å². The number of carbonyl (C=O) groups is 1. The number of rotatable bonds is 4. The summed E-state index contributed by atoms with van der Waals surface area (Å²) in [6.45, 7) is 5.65. The van der Waals surface area contributed by atoms with Gasteiger partial charge in [-0.2, -0.15) is 4.31 Å². The zero-order valence-corrected chi connectivity index (χ0v) is 13.3. The van der Waals surface area contributed by atoms with Crippen molar-refractivity contribution in [3.8, 4) is 0 Å². The smallest absolute Gasteiger partial charge is 0.311 e. The monoisotopic (exact) mass is 318 g/mol. The molecule has 8 heteroatoms. The minimum absolute atomic E-state index is 0.0271. The summed E-state index contributed by atoms with van der Waals surface area (Å²) < 4.78 is 26.4. The van der Waals surface area contributed by atoms with Crippen molar-refractivity contribution in [2.45, 2.75) is 31.4 Å². The van der Waals surface area contributed by atoms with Gasteiger partial charge in [0.25, 0.3) is 10.0 Å². The molecule has 2 heterocycles. The van der Waals surface area contributed by atoms with E-state index in [4.69, 9.17) is 0 Å². The van der Waals surface area contributed by atoms with Gasteiger partial charge in [0.2, 0.25) is 0 Å². The molecule has 0 aliphatic carbocycles. The molecule has 1 fully saturated rings. The number of aryl methyl sites for hydroxylation is 1. The van der Waals surface area contributed by atoms with Crippen molar-refractivity contribution in [3.05, 3.63) is 11.2 Å². The van der Waals surface area contributed by atoms with E-state index < -0.39 is 21.4 Å². The van der Waals surface area contributed by atoms with Crippen LogP contribution in [0.25, 0.3) is 0 Å². The zero-order chi connectivity index (χ0) is 15.1. The highest BCUT2D eigenvalue weighted by Crippen LogP contribution is 2.40. The fourth-order valence-corrected chi connectivity index (χ4v) is 5.26.